The number of aromatic nitrogens is 1. The van der Waals surface area contributed by atoms with Crippen LogP contribution in [0.5, 0.6) is 0 Å². The molecule has 1 fully saturated rings. The molecule has 0 aromatic carbocycles. The standard InChI is InChI=1S/C23H26N4OS2/c1-5-25-23-26(6-2)21(28)20(30-23)12-16-11-14(3)27(15(16)4)22-18(13-24)17-9-7-8-10-19(17)29-22/h11-12H,5-10H2,1-4H3. The fraction of sp³-hybridized carbons (Fsp3) is 0.435. The van der Waals surface area contributed by atoms with E-state index < -0.39 is 0 Å². The van der Waals surface area contributed by atoms with E-state index in [4.69, 9.17) is 0 Å². The predicted molar refractivity (Wildman–Crippen MR) is 125 cm³/mol. The molecule has 0 bridgehead atoms. The number of carbonyl (C=O) groups excluding carboxylic acids is 1. The molecule has 1 amide bonds. The molecule has 1 saturated heterocycles. The van der Waals surface area contributed by atoms with E-state index in [9.17, 15) is 10.1 Å². The third-order valence-electron chi connectivity index (χ3n) is 5.72. The van der Waals surface area contributed by atoms with Crippen LogP contribution in [-0.2, 0) is 17.6 Å². The van der Waals surface area contributed by atoms with Crippen molar-refractivity contribution in [3.05, 3.63) is 43.9 Å². The van der Waals surface area contributed by atoms with E-state index in [1.54, 1.807) is 16.2 Å². The molecule has 3 heterocycles. The van der Waals surface area contributed by atoms with Crippen LogP contribution in [0.25, 0.3) is 11.1 Å². The van der Waals surface area contributed by atoms with E-state index in [0.29, 0.717) is 18.0 Å². The van der Waals surface area contributed by atoms with Crippen molar-refractivity contribution in [2.75, 3.05) is 13.1 Å². The second-order valence-corrected chi connectivity index (χ2v) is 9.67. The van der Waals surface area contributed by atoms with Gasteiger partial charge in [-0.15, -0.1) is 11.3 Å². The number of carbonyl (C=O) groups is 1. The minimum Gasteiger partial charge on any atom is -0.308 e. The highest BCUT2D eigenvalue weighted by Crippen LogP contribution is 2.39. The number of rotatable bonds is 4. The van der Waals surface area contributed by atoms with Crippen molar-refractivity contribution in [3.8, 4) is 11.1 Å². The Balaban J connectivity index is 1.77. The average molecular weight is 439 g/mol. The first-order valence-electron chi connectivity index (χ1n) is 10.5. The lowest BCUT2D eigenvalue weighted by Gasteiger charge is -2.11. The Morgan fingerprint density at radius 2 is 2.03 bits per heavy atom. The summed E-state index contributed by atoms with van der Waals surface area (Å²) < 4.78 is 2.19. The van der Waals surface area contributed by atoms with Gasteiger partial charge in [0.2, 0.25) is 0 Å². The summed E-state index contributed by atoms with van der Waals surface area (Å²) in [4.78, 5) is 21.1. The quantitative estimate of drug-likeness (QED) is 0.615. The molecule has 0 saturated carbocycles. The van der Waals surface area contributed by atoms with Gasteiger partial charge in [-0.05, 0) is 88.4 Å². The number of thioether (sulfide) groups is 1. The summed E-state index contributed by atoms with van der Waals surface area (Å²) in [7, 11) is 0. The second kappa shape index (κ2) is 8.44. The number of thiophene rings is 1. The Labute approximate surface area is 186 Å². The number of nitriles is 1. The Kier molecular flexibility index (Phi) is 5.90. The zero-order valence-electron chi connectivity index (χ0n) is 17.9. The zero-order valence-corrected chi connectivity index (χ0v) is 19.5. The minimum absolute atomic E-state index is 0.0174. The van der Waals surface area contributed by atoms with Gasteiger partial charge in [-0.25, -0.2) is 0 Å². The van der Waals surface area contributed by atoms with E-state index in [1.807, 2.05) is 19.9 Å². The maximum absolute atomic E-state index is 12.8. The number of fused-ring (bicyclic) bond motifs is 1. The molecular weight excluding hydrogens is 412 g/mol. The topological polar surface area (TPSA) is 61.4 Å². The zero-order chi connectivity index (χ0) is 21.4. The third kappa shape index (κ3) is 3.42. The van der Waals surface area contributed by atoms with Crippen LogP contribution in [0, 0.1) is 25.2 Å². The number of likely N-dealkylation sites (N-methyl/N-ethyl adjacent to an activating group) is 1. The summed E-state index contributed by atoms with van der Waals surface area (Å²) in [5.41, 5.74) is 5.24. The maximum atomic E-state index is 12.8. The van der Waals surface area contributed by atoms with Crippen molar-refractivity contribution in [3.63, 3.8) is 0 Å². The summed E-state index contributed by atoms with van der Waals surface area (Å²) in [6.07, 6.45) is 6.42. The molecule has 156 valence electrons. The van der Waals surface area contributed by atoms with Crippen LogP contribution >= 0.6 is 23.1 Å². The molecule has 1 aliphatic heterocycles. The van der Waals surface area contributed by atoms with Crippen molar-refractivity contribution in [2.24, 2.45) is 4.99 Å². The summed E-state index contributed by atoms with van der Waals surface area (Å²) in [5.74, 6) is 0.0174. The minimum atomic E-state index is 0.0174. The number of amides is 1. The Morgan fingerprint density at radius 3 is 2.73 bits per heavy atom. The molecule has 0 N–H and O–H groups in total. The number of aliphatic imine (C=N–C) groups is 1. The van der Waals surface area contributed by atoms with E-state index in [-0.39, 0.29) is 5.91 Å². The van der Waals surface area contributed by atoms with Crippen LogP contribution in [0.1, 0.15) is 59.6 Å². The van der Waals surface area contributed by atoms with E-state index >= 15 is 0 Å². The summed E-state index contributed by atoms with van der Waals surface area (Å²) in [6.45, 7) is 9.37. The Morgan fingerprint density at radius 1 is 1.27 bits per heavy atom. The number of hydrogen-bond acceptors (Lipinski definition) is 5. The molecule has 0 atom stereocenters. The van der Waals surface area contributed by atoms with Gasteiger partial charge in [0.05, 0.1) is 10.5 Å². The largest absolute Gasteiger partial charge is 0.308 e. The summed E-state index contributed by atoms with van der Waals surface area (Å²) in [6, 6.07) is 4.59. The Bertz CT molecular complexity index is 1110. The van der Waals surface area contributed by atoms with Gasteiger partial charge in [-0.1, -0.05) is 0 Å². The molecular formula is C23H26N4OS2. The first-order valence-corrected chi connectivity index (χ1v) is 12.1. The highest BCUT2D eigenvalue weighted by molar-refractivity contribution is 8.18. The van der Waals surface area contributed by atoms with Gasteiger partial charge < -0.3 is 4.57 Å². The maximum Gasteiger partial charge on any atom is 0.266 e. The number of hydrogen-bond donors (Lipinski definition) is 0. The molecule has 7 heteroatoms. The summed E-state index contributed by atoms with van der Waals surface area (Å²) in [5, 5.41) is 11.7. The molecule has 0 unspecified atom stereocenters. The number of nitrogens with zero attached hydrogens (tertiary/aromatic N) is 4. The predicted octanol–water partition coefficient (Wildman–Crippen LogP) is 5.22. The lowest BCUT2D eigenvalue weighted by Crippen LogP contribution is -2.28. The van der Waals surface area contributed by atoms with Gasteiger partial charge in [0.15, 0.2) is 5.17 Å². The van der Waals surface area contributed by atoms with Crippen LogP contribution in [0.15, 0.2) is 16.0 Å². The fourth-order valence-corrected chi connectivity index (χ4v) is 6.80. The molecule has 0 spiro atoms. The summed E-state index contributed by atoms with van der Waals surface area (Å²) >= 11 is 3.20. The SMILES string of the molecule is CCN=C1SC(=Cc2cc(C)n(-c3sc4c(c3C#N)CCCC4)c2C)C(=O)N1CC. The first kappa shape index (κ1) is 21.0. The molecule has 5 nitrogen and oxygen atoms in total. The molecule has 2 aromatic heterocycles. The van der Waals surface area contributed by atoms with Crippen LogP contribution < -0.4 is 0 Å². The van der Waals surface area contributed by atoms with Crippen LogP contribution in [0.4, 0.5) is 0 Å². The van der Waals surface area contributed by atoms with Gasteiger partial charge in [0.25, 0.3) is 5.91 Å². The van der Waals surface area contributed by atoms with E-state index in [0.717, 1.165) is 51.9 Å². The van der Waals surface area contributed by atoms with Gasteiger partial charge in [0, 0.05) is 29.4 Å². The first-order chi connectivity index (χ1) is 14.5. The average Bonchev–Trinajstić information content (AvgIpc) is 3.33. The Hall–Kier alpha value is -2.30. The van der Waals surface area contributed by atoms with Gasteiger partial charge in [-0.2, -0.15) is 5.26 Å². The lowest BCUT2D eigenvalue weighted by atomic mass is 9.96. The molecule has 30 heavy (non-hydrogen) atoms. The second-order valence-electron chi connectivity index (χ2n) is 7.58. The molecule has 4 rings (SSSR count). The highest BCUT2D eigenvalue weighted by atomic mass is 32.2. The highest BCUT2D eigenvalue weighted by Gasteiger charge is 2.32. The monoisotopic (exact) mass is 438 g/mol. The molecule has 0 radical (unpaired) electrons. The van der Waals surface area contributed by atoms with Gasteiger partial charge >= 0.3 is 0 Å². The van der Waals surface area contributed by atoms with Crippen molar-refractivity contribution in [1.82, 2.24) is 9.47 Å². The van der Waals surface area contributed by atoms with Crippen molar-refractivity contribution < 1.29 is 4.79 Å². The van der Waals surface area contributed by atoms with Crippen LogP contribution in [0.2, 0.25) is 0 Å². The van der Waals surface area contributed by atoms with Gasteiger partial charge in [0.1, 0.15) is 11.1 Å². The molecule has 1 aliphatic carbocycles. The van der Waals surface area contributed by atoms with Crippen LogP contribution in [0.3, 0.4) is 0 Å². The van der Waals surface area contributed by atoms with Gasteiger partial charge in [-0.3, -0.25) is 14.7 Å². The normalized spacial score (nSPS) is 19.0. The van der Waals surface area contributed by atoms with Crippen molar-refractivity contribution in [1.29, 1.82) is 5.26 Å². The van der Waals surface area contributed by atoms with Crippen LogP contribution in [-0.4, -0.2) is 33.6 Å². The smallest absolute Gasteiger partial charge is 0.266 e. The van der Waals surface area contributed by atoms with E-state index in [2.05, 4.69) is 35.5 Å². The van der Waals surface area contributed by atoms with Crippen molar-refractivity contribution >= 4 is 40.2 Å². The number of aryl methyl sites for hydroxylation is 2. The molecule has 2 aromatic rings. The van der Waals surface area contributed by atoms with E-state index in [1.165, 1.54) is 28.6 Å². The lowest BCUT2D eigenvalue weighted by molar-refractivity contribution is -0.122. The molecule has 2 aliphatic rings. The fourth-order valence-electron chi connectivity index (χ4n) is 4.25. The number of amidine groups is 1. The third-order valence-corrected chi connectivity index (χ3v) is 8.04. The van der Waals surface area contributed by atoms with Crippen molar-refractivity contribution in [2.45, 2.75) is 53.4 Å².